The Morgan fingerprint density at radius 3 is 2.58 bits per heavy atom. The van der Waals surface area contributed by atoms with Crippen molar-refractivity contribution in [3.63, 3.8) is 0 Å². The fourth-order valence-electron chi connectivity index (χ4n) is 4.03. The molecule has 1 amide bonds. The lowest BCUT2D eigenvalue weighted by atomic mass is 9.96. The summed E-state index contributed by atoms with van der Waals surface area (Å²) < 4.78 is 5.26. The van der Waals surface area contributed by atoms with Crippen molar-refractivity contribution in [1.29, 1.82) is 0 Å². The van der Waals surface area contributed by atoms with Crippen LogP contribution in [0.2, 0.25) is 10.0 Å². The molecule has 8 heteroatoms. The number of anilines is 1. The maximum absolute atomic E-state index is 12.9. The number of amides is 1. The molecule has 1 aliphatic rings. The topological polar surface area (TPSA) is 71.3 Å². The minimum Gasteiger partial charge on any atom is -0.339 e. The summed E-state index contributed by atoms with van der Waals surface area (Å²) in [4.78, 5) is 19.6. The molecular weight excluding hydrogens is 459 g/mol. The number of likely N-dealkylation sites (tertiary alicyclic amines) is 1. The monoisotopic (exact) mass is 486 g/mol. The van der Waals surface area contributed by atoms with Gasteiger partial charge in [-0.1, -0.05) is 60.4 Å². The van der Waals surface area contributed by atoms with Gasteiger partial charge in [0.05, 0.1) is 5.92 Å². The molecule has 1 saturated heterocycles. The van der Waals surface area contributed by atoms with Crippen LogP contribution in [0.4, 0.5) is 5.69 Å². The third-order valence-electron chi connectivity index (χ3n) is 5.88. The van der Waals surface area contributed by atoms with Crippen molar-refractivity contribution in [1.82, 2.24) is 15.0 Å². The molecule has 3 aromatic rings. The molecule has 2 aromatic carbocycles. The van der Waals surface area contributed by atoms with Gasteiger partial charge in [-0.3, -0.25) is 9.69 Å². The summed E-state index contributed by atoms with van der Waals surface area (Å²) in [6.07, 6.45) is 2.42. The first-order chi connectivity index (χ1) is 15.9. The number of hydrogen-bond acceptors (Lipinski definition) is 5. The van der Waals surface area contributed by atoms with Crippen LogP contribution in [-0.2, 0) is 17.8 Å². The Morgan fingerprint density at radius 2 is 1.91 bits per heavy atom. The molecule has 1 aliphatic heterocycles. The molecule has 174 valence electrons. The smallest absolute Gasteiger partial charge is 0.229 e. The van der Waals surface area contributed by atoms with E-state index in [2.05, 4.69) is 20.4 Å². The molecule has 0 spiro atoms. The molecule has 1 aromatic heterocycles. The number of hydrogen-bond donors (Lipinski definition) is 1. The Balaban J connectivity index is 1.32. The van der Waals surface area contributed by atoms with Gasteiger partial charge in [0.1, 0.15) is 0 Å². The minimum atomic E-state index is -0.0755. The predicted molar refractivity (Wildman–Crippen MR) is 131 cm³/mol. The van der Waals surface area contributed by atoms with E-state index >= 15 is 0 Å². The quantitative estimate of drug-likeness (QED) is 0.447. The highest BCUT2D eigenvalue weighted by molar-refractivity contribution is 6.35. The number of nitrogens with zero attached hydrogens (tertiary/aromatic N) is 3. The number of benzene rings is 2. The van der Waals surface area contributed by atoms with E-state index in [9.17, 15) is 4.79 Å². The summed E-state index contributed by atoms with van der Waals surface area (Å²) >= 11 is 12.7. The van der Waals surface area contributed by atoms with Gasteiger partial charge in [0.15, 0.2) is 5.82 Å². The van der Waals surface area contributed by atoms with Gasteiger partial charge < -0.3 is 9.84 Å². The second-order valence-electron chi connectivity index (χ2n) is 8.84. The van der Waals surface area contributed by atoms with E-state index in [0.717, 1.165) is 36.2 Å². The van der Waals surface area contributed by atoms with Gasteiger partial charge in [-0.25, -0.2) is 0 Å². The lowest BCUT2D eigenvalue weighted by Gasteiger charge is -2.32. The third kappa shape index (κ3) is 6.14. The molecular formula is C25H28Cl2N4O2. The lowest BCUT2D eigenvalue weighted by molar-refractivity contribution is -0.121. The fraction of sp³-hybridized carbons (Fsp3) is 0.400. The van der Waals surface area contributed by atoms with E-state index in [0.29, 0.717) is 41.3 Å². The summed E-state index contributed by atoms with van der Waals surface area (Å²) in [7, 11) is 0. The van der Waals surface area contributed by atoms with Crippen molar-refractivity contribution in [2.24, 2.45) is 5.92 Å². The Bertz CT molecular complexity index is 1080. The zero-order valence-corrected chi connectivity index (χ0v) is 20.4. The molecule has 0 bridgehead atoms. The van der Waals surface area contributed by atoms with Crippen LogP contribution in [0.1, 0.15) is 55.4 Å². The van der Waals surface area contributed by atoms with Crippen LogP contribution in [-0.4, -0.2) is 34.0 Å². The van der Waals surface area contributed by atoms with Crippen LogP contribution in [0.15, 0.2) is 47.0 Å². The number of carbonyl (C=O) groups excluding carboxylic acids is 1. The minimum absolute atomic E-state index is 0.0393. The van der Waals surface area contributed by atoms with Crippen LogP contribution in [0.25, 0.3) is 0 Å². The van der Waals surface area contributed by atoms with Crippen molar-refractivity contribution in [2.45, 2.75) is 45.6 Å². The summed E-state index contributed by atoms with van der Waals surface area (Å²) in [5, 5.41) is 8.42. The van der Waals surface area contributed by atoms with Gasteiger partial charge in [0.2, 0.25) is 11.8 Å². The highest BCUT2D eigenvalue weighted by Gasteiger charge is 2.26. The third-order valence-corrected chi connectivity index (χ3v) is 6.59. The number of piperidine rings is 1. The molecule has 0 unspecified atom stereocenters. The Kier molecular flexibility index (Phi) is 7.68. The molecule has 1 N–H and O–H groups in total. The second kappa shape index (κ2) is 10.7. The van der Waals surface area contributed by atoms with Gasteiger partial charge in [0.25, 0.3) is 0 Å². The maximum Gasteiger partial charge on any atom is 0.229 e. The average Bonchev–Trinajstić information content (AvgIpc) is 3.27. The molecule has 2 heterocycles. The highest BCUT2D eigenvalue weighted by atomic mass is 35.5. The maximum atomic E-state index is 12.9. The molecule has 33 heavy (non-hydrogen) atoms. The van der Waals surface area contributed by atoms with Crippen molar-refractivity contribution in [2.75, 3.05) is 18.4 Å². The van der Waals surface area contributed by atoms with E-state index in [1.54, 1.807) is 0 Å². The summed E-state index contributed by atoms with van der Waals surface area (Å²) in [5.41, 5.74) is 2.76. The van der Waals surface area contributed by atoms with E-state index in [4.69, 9.17) is 27.7 Å². The number of aromatic nitrogens is 2. The van der Waals surface area contributed by atoms with Gasteiger partial charge in [-0.15, -0.1) is 0 Å². The van der Waals surface area contributed by atoms with Gasteiger partial charge >= 0.3 is 0 Å². The van der Waals surface area contributed by atoms with Gasteiger partial charge in [0, 0.05) is 46.7 Å². The number of carbonyl (C=O) groups is 1. The molecule has 0 aliphatic carbocycles. The zero-order valence-electron chi connectivity index (χ0n) is 18.9. The van der Waals surface area contributed by atoms with E-state index < -0.39 is 0 Å². The molecule has 0 saturated carbocycles. The summed E-state index contributed by atoms with van der Waals surface area (Å²) in [6.45, 7) is 6.29. The molecule has 6 nitrogen and oxygen atoms in total. The first kappa shape index (κ1) is 23.7. The number of rotatable bonds is 7. The van der Waals surface area contributed by atoms with Crippen molar-refractivity contribution in [3.8, 4) is 0 Å². The van der Waals surface area contributed by atoms with Crippen molar-refractivity contribution >= 4 is 34.8 Å². The predicted octanol–water partition coefficient (Wildman–Crippen LogP) is 5.94. The molecule has 4 rings (SSSR count). The normalized spacial score (nSPS) is 16.8. The largest absolute Gasteiger partial charge is 0.339 e. The summed E-state index contributed by atoms with van der Waals surface area (Å²) in [6, 6.07) is 13.3. The van der Waals surface area contributed by atoms with Crippen molar-refractivity contribution < 1.29 is 9.32 Å². The number of nitrogens with one attached hydrogen (secondary N) is 1. The second-order valence-corrected chi connectivity index (χ2v) is 9.66. The van der Waals surface area contributed by atoms with Crippen LogP contribution < -0.4 is 5.32 Å². The van der Waals surface area contributed by atoms with Gasteiger partial charge in [-0.2, -0.15) is 4.98 Å². The Labute approximate surface area is 204 Å². The first-order valence-electron chi connectivity index (χ1n) is 11.3. The SMILES string of the molecule is CC(C)c1nc(Cc2ccc(NC(=O)[C@@H]3CCCN(Cc4c(Cl)cccc4Cl)C3)cc2)no1. The van der Waals surface area contributed by atoms with Crippen LogP contribution in [0.3, 0.4) is 0 Å². The van der Waals surface area contributed by atoms with Crippen LogP contribution in [0, 0.1) is 5.92 Å². The zero-order chi connectivity index (χ0) is 23.4. The van der Waals surface area contributed by atoms with E-state index in [1.165, 1.54) is 0 Å². The molecule has 1 atom stereocenters. The van der Waals surface area contributed by atoms with Crippen LogP contribution >= 0.6 is 23.2 Å². The van der Waals surface area contributed by atoms with Crippen molar-refractivity contribution in [3.05, 3.63) is 75.4 Å². The highest BCUT2D eigenvalue weighted by Crippen LogP contribution is 2.28. The first-order valence-corrected chi connectivity index (χ1v) is 12.0. The Morgan fingerprint density at radius 1 is 1.18 bits per heavy atom. The number of halogens is 2. The van der Waals surface area contributed by atoms with Crippen LogP contribution in [0.5, 0.6) is 0 Å². The fourth-order valence-corrected chi connectivity index (χ4v) is 4.54. The molecule has 1 fully saturated rings. The lowest BCUT2D eigenvalue weighted by Crippen LogP contribution is -2.40. The standard InChI is InChI=1S/C25H28Cl2N4O2/c1-16(2)25-29-23(30-33-25)13-17-8-10-19(11-9-17)28-24(32)18-5-4-12-31(14-18)15-20-21(26)6-3-7-22(20)27/h3,6-11,16,18H,4-5,12-15H2,1-2H3,(H,28,32)/t18-/m1/s1. The summed E-state index contributed by atoms with van der Waals surface area (Å²) in [5.74, 6) is 1.48. The van der Waals surface area contributed by atoms with E-state index in [-0.39, 0.29) is 17.7 Å². The van der Waals surface area contributed by atoms with E-state index in [1.807, 2.05) is 56.3 Å². The average molecular weight is 487 g/mol. The molecule has 0 radical (unpaired) electrons. The van der Waals surface area contributed by atoms with Gasteiger partial charge in [-0.05, 0) is 49.2 Å². The Hall–Kier alpha value is -2.41.